The number of benzene rings is 1. The van der Waals surface area contributed by atoms with Crippen LogP contribution in [0.3, 0.4) is 0 Å². The molecule has 0 unspecified atom stereocenters. The Balaban J connectivity index is 1.45. The van der Waals surface area contributed by atoms with E-state index < -0.39 is 0 Å². The summed E-state index contributed by atoms with van der Waals surface area (Å²) < 4.78 is 5.07. The fourth-order valence-corrected chi connectivity index (χ4v) is 4.27. The minimum Gasteiger partial charge on any atom is -0.459 e. The summed E-state index contributed by atoms with van der Waals surface area (Å²) in [7, 11) is 0. The summed E-state index contributed by atoms with van der Waals surface area (Å²) >= 11 is 3.04. The quantitative estimate of drug-likeness (QED) is 0.420. The number of thiophene rings is 1. The number of amides is 2. The van der Waals surface area contributed by atoms with E-state index in [4.69, 9.17) is 4.42 Å². The van der Waals surface area contributed by atoms with Crippen molar-refractivity contribution >= 4 is 39.9 Å². The van der Waals surface area contributed by atoms with Crippen LogP contribution in [0.1, 0.15) is 32.2 Å². The molecule has 7 heteroatoms. The zero-order chi connectivity index (χ0) is 19.1. The van der Waals surface area contributed by atoms with Crippen molar-refractivity contribution < 1.29 is 14.0 Å². The third-order valence-electron chi connectivity index (χ3n) is 3.72. The number of carbonyl (C=O) groups is 2. The molecule has 27 heavy (non-hydrogen) atoms. The number of furan rings is 1. The Morgan fingerprint density at radius 2 is 1.93 bits per heavy atom. The van der Waals surface area contributed by atoms with Crippen molar-refractivity contribution in [1.29, 1.82) is 0 Å². The normalized spacial score (nSPS) is 10.6. The van der Waals surface area contributed by atoms with Crippen molar-refractivity contribution in [3.63, 3.8) is 0 Å². The van der Waals surface area contributed by atoms with E-state index >= 15 is 0 Å². The van der Waals surface area contributed by atoms with Crippen LogP contribution in [0.25, 0.3) is 0 Å². The number of rotatable bonds is 8. The van der Waals surface area contributed by atoms with Gasteiger partial charge >= 0.3 is 0 Å². The minimum atomic E-state index is -0.328. The second-order valence-corrected chi connectivity index (χ2v) is 8.05. The van der Waals surface area contributed by atoms with Gasteiger partial charge in [0.25, 0.3) is 11.8 Å². The number of hydrogen-bond donors (Lipinski definition) is 2. The summed E-state index contributed by atoms with van der Waals surface area (Å²) in [6.07, 6.45) is 2.33. The third-order valence-corrected chi connectivity index (χ3v) is 5.97. The van der Waals surface area contributed by atoms with E-state index in [1.54, 1.807) is 30.0 Å². The van der Waals surface area contributed by atoms with Crippen LogP contribution in [0.4, 0.5) is 5.00 Å². The molecule has 5 nitrogen and oxygen atoms in total. The van der Waals surface area contributed by atoms with Gasteiger partial charge in [-0.15, -0.1) is 23.1 Å². The van der Waals surface area contributed by atoms with Crippen LogP contribution in [-0.2, 0) is 0 Å². The minimum absolute atomic E-state index is 0.110. The highest BCUT2D eigenvalue weighted by Crippen LogP contribution is 2.27. The average molecular weight is 401 g/mol. The summed E-state index contributed by atoms with van der Waals surface area (Å²) in [4.78, 5) is 26.3. The predicted molar refractivity (Wildman–Crippen MR) is 110 cm³/mol. The number of anilines is 1. The number of nitrogens with one attached hydrogen (secondary N) is 2. The number of aryl methyl sites for hydroxylation is 1. The van der Waals surface area contributed by atoms with Crippen LogP contribution in [0, 0.1) is 6.92 Å². The van der Waals surface area contributed by atoms with Gasteiger partial charge in [-0.05, 0) is 55.0 Å². The van der Waals surface area contributed by atoms with Crippen molar-refractivity contribution in [3.05, 3.63) is 71.0 Å². The van der Waals surface area contributed by atoms with E-state index in [2.05, 4.69) is 22.8 Å². The summed E-state index contributed by atoms with van der Waals surface area (Å²) in [5.41, 5.74) is 0.839. The van der Waals surface area contributed by atoms with Gasteiger partial charge in [0, 0.05) is 11.4 Å². The van der Waals surface area contributed by atoms with Crippen molar-refractivity contribution in [2.24, 2.45) is 0 Å². The summed E-state index contributed by atoms with van der Waals surface area (Å²) in [6.45, 7) is 2.48. The fourth-order valence-electron chi connectivity index (χ4n) is 2.41. The van der Waals surface area contributed by atoms with Crippen LogP contribution < -0.4 is 10.6 Å². The molecule has 0 aliphatic rings. The van der Waals surface area contributed by atoms with Crippen molar-refractivity contribution in [2.45, 2.75) is 18.2 Å². The molecule has 3 rings (SSSR count). The molecule has 2 heterocycles. The van der Waals surface area contributed by atoms with Gasteiger partial charge in [-0.2, -0.15) is 0 Å². The molecule has 0 saturated heterocycles. The second kappa shape index (κ2) is 9.43. The smallest absolute Gasteiger partial charge is 0.291 e. The van der Waals surface area contributed by atoms with Gasteiger partial charge < -0.3 is 15.1 Å². The molecule has 1 aromatic carbocycles. The molecule has 0 aliphatic heterocycles. The standard InChI is InChI=1S/C20H20N2O3S2/c1-14-13-17(22-19(23)16-9-5-11-25-16)27-18(14)20(24)21-10-6-12-26-15-7-3-2-4-8-15/h2-5,7-9,11,13H,6,10,12H2,1H3,(H,21,24)(H,22,23). The lowest BCUT2D eigenvalue weighted by atomic mass is 10.2. The molecular formula is C20H20N2O3S2. The van der Waals surface area contributed by atoms with Crippen molar-refractivity contribution in [3.8, 4) is 0 Å². The van der Waals surface area contributed by atoms with Gasteiger partial charge in [0.05, 0.1) is 16.1 Å². The second-order valence-electron chi connectivity index (χ2n) is 5.83. The van der Waals surface area contributed by atoms with E-state index in [0.717, 1.165) is 17.7 Å². The maximum Gasteiger partial charge on any atom is 0.291 e. The van der Waals surface area contributed by atoms with E-state index in [0.29, 0.717) is 16.4 Å². The molecule has 0 atom stereocenters. The van der Waals surface area contributed by atoms with Crippen LogP contribution in [0.5, 0.6) is 0 Å². The molecule has 0 aliphatic carbocycles. The van der Waals surface area contributed by atoms with E-state index in [1.165, 1.54) is 22.5 Å². The maximum atomic E-state index is 12.4. The zero-order valence-electron chi connectivity index (χ0n) is 14.9. The van der Waals surface area contributed by atoms with Crippen LogP contribution in [-0.4, -0.2) is 24.1 Å². The molecule has 2 N–H and O–H groups in total. The first-order valence-electron chi connectivity index (χ1n) is 8.55. The fraction of sp³-hybridized carbons (Fsp3) is 0.200. The monoisotopic (exact) mass is 400 g/mol. The van der Waals surface area contributed by atoms with E-state index in [-0.39, 0.29) is 17.6 Å². The van der Waals surface area contributed by atoms with Gasteiger partial charge in [0.15, 0.2) is 5.76 Å². The Labute approximate surface area is 166 Å². The third kappa shape index (κ3) is 5.48. The first-order chi connectivity index (χ1) is 13.1. The lowest BCUT2D eigenvalue weighted by Gasteiger charge is -2.05. The van der Waals surface area contributed by atoms with Crippen LogP contribution in [0.15, 0.2) is 64.1 Å². The summed E-state index contributed by atoms with van der Waals surface area (Å²) in [6, 6.07) is 15.2. The Morgan fingerprint density at radius 1 is 1.11 bits per heavy atom. The molecule has 0 fully saturated rings. The first-order valence-corrected chi connectivity index (χ1v) is 10.3. The molecule has 2 amide bonds. The van der Waals surface area contributed by atoms with Gasteiger partial charge in [-0.3, -0.25) is 9.59 Å². The van der Waals surface area contributed by atoms with Gasteiger partial charge in [0.2, 0.25) is 0 Å². The summed E-state index contributed by atoms with van der Waals surface area (Å²) in [5.74, 6) is 0.743. The lowest BCUT2D eigenvalue weighted by molar-refractivity contribution is 0.0955. The Hall–Kier alpha value is -2.51. The number of hydrogen-bond acceptors (Lipinski definition) is 5. The largest absolute Gasteiger partial charge is 0.459 e. The Bertz CT molecular complexity index is 889. The van der Waals surface area contributed by atoms with Crippen LogP contribution >= 0.6 is 23.1 Å². The highest BCUT2D eigenvalue weighted by Gasteiger charge is 2.16. The lowest BCUT2D eigenvalue weighted by Crippen LogP contribution is -2.24. The maximum absolute atomic E-state index is 12.4. The number of carbonyl (C=O) groups excluding carboxylic acids is 2. The topological polar surface area (TPSA) is 71.3 Å². The highest BCUT2D eigenvalue weighted by atomic mass is 32.2. The van der Waals surface area contributed by atoms with Gasteiger partial charge in [-0.25, -0.2) is 0 Å². The molecule has 0 bridgehead atoms. The van der Waals surface area contributed by atoms with Gasteiger partial charge in [-0.1, -0.05) is 18.2 Å². The zero-order valence-corrected chi connectivity index (χ0v) is 16.5. The summed E-state index contributed by atoms with van der Waals surface area (Å²) in [5, 5.41) is 6.33. The molecule has 3 aromatic rings. The number of thioether (sulfide) groups is 1. The van der Waals surface area contributed by atoms with Crippen molar-refractivity contribution in [2.75, 3.05) is 17.6 Å². The van der Waals surface area contributed by atoms with Crippen molar-refractivity contribution in [1.82, 2.24) is 5.32 Å². The van der Waals surface area contributed by atoms with E-state index in [1.807, 2.05) is 25.1 Å². The van der Waals surface area contributed by atoms with E-state index in [9.17, 15) is 9.59 Å². The molecule has 2 aromatic heterocycles. The SMILES string of the molecule is Cc1cc(NC(=O)c2ccco2)sc1C(=O)NCCCSc1ccccc1. The molecule has 0 radical (unpaired) electrons. The first kappa shape index (κ1) is 19.3. The molecule has 0 spiro atoms. The molecule has 0 saturated carbocycles. The van der Waals surface area contributed by atoms with Gasteiger partial charge in [0.1, 0.15) is 0 Å². The average Bonchev–Trinajstić information content (AvgIpc) is 3.32. The molecule has 140 valence electrons. The molecular weight excluding hydrogens is 380 g/mol. The highest BCUT2D eigenvalue weighted by molar-refractivity contribution is 7.99. The predicted octanol–water partition coefficient (Wildman–Crippen LogP) is 4.81. The Morgan fingerprint density at radius 3 is 2.67 bits per heavy atom. The Kier molecular flexibility index (Phi) is 6.73. The van der Waals surface area contributed by atoms with Crippen LogP contribution in [0.2, 0.25) is 0 Å².